The van der Waals surface area contributed by atoms with Crippen LogP contribution in [0.3, 0.4) is 0 Å². The molecular weight excluding hydrogens is 290 g/mol. The van der Waals surface area contributed by atoms with Crippen molar-refractivity contribution in [2.75, 3.05) is 7.11 Å². The lowest BCUT2D eigenvalue weighted by Crippen LogP contribution is -1.99. The van der Waals surface area contributed by atoms with Crippen molar-refractivity contribution in [3.63, 3.8) is 0 Å². The minimum atomic E-state index is -2.41. The third-order valence-corrected chi connectivity index (χ3v) is 2.72. The van der Waals surface area contributed by atoms with E-state index in [1.807, 2.05) is 6.07 Å². The van der Waals surface area contributed by atoms with E-state index in [0.717, 1.165) is 11.3 Å². The molecule has 7 nitrogen and oxygen atoms in total. The molecule has 0 saturated heterocycles. The number of nitrogens with zero attached hydrogens (tertiary/aromatic N) is 3. The maximum atomic E-state index is 10.8. The van der Waals surface area contributed by atoms with E-state index in [4.69, 9.17) is 0 Å². The summed E-state index contributed by atoms with van der Waals surface area (Å²) in [5, 5.41) is 6.90. The van der Waals surface area contributed by atoms with Gasteiger partial charge >= 0.3 is 16.5 Å². The van der Waals surface area contributed by atoms with Gasteiger partial charge in [0.1, 0.15) is 5.51 Å². The van der Waals surface area contributed by atoms with Gasteiger partial charge in [-0.2, -0.15) is 8.42 Å². The van der Waals surface area contributed by atoms with Crippen LogP contribution >= 0.6 is 11.3 Å². The molecular formula is C10H9N3O4S2. The van der Waals surface area contributed by atoms with Crippen molar-refractivity contribution in [2.24, 2.45) is 4.36 Å². The number of hydrogen-bond donors (Lipinski definition) is 0. The monoisotopic (exact) mass is 299 g/mol. The van der Waals surface area contributed by atoms with Gasteiger partial charge in [0.15, 0.2) is 0 Å². The van der Waals surface area contributed by atoms with Gasteiger partial charge in [-0.3, -0.25) is 0 Å². The highest BCUT2D eigenvalue weighted by atomic mass is 32.2. The lowest BCUT2D eigenvalue weighted by molar-refractivity contribution is 0.0600. The molecule has 0 spiro atoms. The van der Waals surface area contributed by atoms with Crippen LogP contribution in [0.15, 0.2) is 40.2 Å². The second-order valence-electron chi connectivity index (χ2n) is 2.89. The van der Waals surface area contributed by atoms with Crippen LogP contribution in [-0.2, 0) is 15.2 Å². The fourth-order valence-corrected chi connectivity index (χ4v) is 1.76. The number of aromatic nitrogens is 2. The largest absolute Gasteiger partial charge is 0.465 e. The van der Waals surface area contributed by atoms with Crippen LogP contribution in [0.25, 0.3) is 0 Å². The molecule has 0 aliphatic heterocycles. The summed E-state index contributed by atoms with van der Waals surface area (Å²) < 4.78 is 27.3. The number of ether oxygens (including phenoxy) is 1. The lowest BCUT2D eigenvalue weighted by atomic mass is 10.2. The van der Waals surface area contributed by atoms with E-state index in [2.05, 4.69) is 19.3 Å². The molecule has 0 aliphatic rings. The van der Waals surface area contributed by atoms with E-state index in [1.165, 1.54) is 12.6 Å². The van der Waals surface area contributed by atoms with Crippen molar-refractivity contribution >= 4 is 32.9 Å². The average molecular weight is 299 g/mol. The van der Waals surface area contributed by atoms with Crippen LogP contribution in [0, 0.1) is 0 Å². The van der Waals surface area contributed by atoms with Gasteiger partial charge < -0.3 is 4.74 Å². The zero-order chi connectivity index (χ0) is 14.1. The minimum absolute atomic E-state index is 0.156. The molecule has 1 aromatic heterocycles. The molecule has 0 atom stereocenters. The first-order valence-electron chi connectivity index (χ1n) is 4.84. The van der Waals surface area contributed by atoms with Crippen molar-refractivity contribution in [3.8, 4) is 0 Å². The van der Waals surface area contributed by atoms with Crippen LogP contribution in [0.2, 0.25) is 0 Å². The van der Waals surface area contributed by atoms with E-state index in [1.54, 1.807) is 24.3 Å². The zero-order valence-electron chi connectivity index (χ0n) is 9.76. The summed E-state index contributed by atoms with van der Waals surface area (Å²) in [7, 11) is -1.04. The number of esters is 1. The molecule has 1 aromatic carbocycles. The molecule has 0 bridgehead atoms. The van der Waals surface area contributed by atoms with Crippen molar-refractivity contribution in [1.29, 1.82) is 0 Å². The summed E-state index contributed by atoms with van der Waals surface area (Å²) in [6.07, 6.45) is 0. The summed E-state index contributed by atoms with van der Waals surface area (Å²) in [6, 6.07) is 8.88. The Hall–Kier alpha value is -2.13. The van der Waals surface area contributed by atoms with Gasteiger partial charge in [-0.1, -0.05) is 29.5 Å². The van der Waals surface area contributed by atoms with E-state index < -0.39 is 10.5 Å². The highest BCUT2D eigenvalue weighted by Gasteiger charge is 2.00. The predicted molar refractivity (Wildman–Crippen MR) is 68.7 cm³/mol. The Morgan fingerprint density at radius 1 is 1.32 bits per heavy atom. The molecule has 0 N–H and O–H groups in total. The van der Waals surface area contributed by atoms with Gasteiger partial charge in [0, 0.05) is 0 Å². The molecule has 0 aliphatic carbocycles. The average Bonchev–Trinajstić information content (AvgIpc) is 2.91. The third kappa shape index (κ3) is 5.84. The van der Waals surface area contributed by atoms with E-state index in [-0.39, 0.29) is 11.1 Å². The zero-order valence-corrected chi connectivity index (χ0v) is 11.4. The van der Waals surface area contributed by atoms with Crippen molar-refractivity contribution in [1.82, 2.24) is 10.2 Å². The summed E-state index contributed by atoms with van der Waals surface area (Å²) in [6.45, 7) is 0. The summed E-state index contributed by atoms with van der Waals surface area (Å²) in [5.74, 6) is -0.291. The molecule has 100 valence electrons. The Labute approximate surface area is 114 Å². The summed E-state index contributed by atoms with van der Waals surface area (Å²) >= 11 is 1.07. The molecule has 2 aromatic rings. The van der Waals surface area contributed by atoms with Crippen LogP contribution in [0.1, 0.15) is 10.4 Å². The van der Waals surface area contributed by atoms with Gasteiger partial charge in [0.2, 0.25) is 5.13 Å². The number of carbonyl (C=O) groups is 1. The number of carbonyl (C=O) groups excluding carboxylic acids is 1. The second-order valence-corrected chi connectivity index (χ2v) is 4.32. The van der Waals surface area contributed by atoms with Crippen LogP contribution in [-0.4, -0.2) is 31.7 Å². The second kappa shape index (κ2) is 8.06. The Morgan fingerprint density at radius 2 is 2.00 bits per heavy atom. The Balaban J connectivity index is 0.000000191. The summed E-state index contributed by atoms with van der Waals surface area (Å²) in [5.41, 5.74) is 2.00. The fourth-order valence-electron chi connectivity index (χ4n) is 0.963. The maximum Gasteiger partial charge on any atom is 0.337 e. The van der Waals surface area contributed by atoms with Crippen molar-refractivity contribution < 1.29 is 17.9 Å². The number of rotatable bonds is 2. The molecule has 19 heavy (non-hydrogen) atoms. The van der Waals surface area contributed by atoms with Gasteiger partial charge in [-0.25, -0.2) is 4.79 Å². The normalized spacial score (nSPS) is 8.89. The first-order valence-corrected chi connectivity index (χ1v) is 6.75. The molecule has 2 rings (SSSR count). The molecule has 0 radical (unpaired) electrons. The van der Waals surface area contributed by atoms with Crippen LogP contribution in [0.4, 0.5) is 5.13 Å². The van der Waals surface area contributed by atoms with Crippen LogP contribution < -0.4 is 0 Å². The molecule has 9 heteroatoms. The minimum Gasteiger partial charge on any atom is -0.465 e. The van der Waals surface area contributed by atoms with E-state index >= 15 is 0 Å². The first kappa shape index (κ1) is 14.9. The predicted octanol–water partition coefficient (Wildman–Crippen LogP) is 1.71. The molecule has 1 heterocycles. The number of hydrogen-bond acceptors (Lipinski definition) is 8. The highest BCUT2D eigenvalue weighted by molar-refractivity contribution is 7.62. The van der Waals surface area contributed by atoms with Gasteiger partial charge in [0.25, 0.3) is 0 Å². The molecule has 0 saturated carbocycles. The Kier molecular flexibility index (Phi) is 6.33. The number of benzene rings is 1. The first-order chi connectivity index (χ1) is 9.13. The SMILES string of the molecule is COC(=O)c1ccccc1.O=S(=O)=Nc1nncs1. The lowest BCUT2D eigenvalue weighted by Gasteiger charge is -1.95. The topological polar surface area (TPSA) is 98.6 Å². The quantitative estimate of drug-likeness (QED) is 0.783. The van der Waals surface area contributed by atoms with E-state index in [9.17, 15) is 13.2 Å². The molecule has 0 unspecified atom stereocenters. The highest BCUT2D eigenvalue weighted by Crippen LogP contribution is 2.10. The molecule has 0 amide bonds. The Morgan fingerprint density at radius 3 is 2.47 bits per heavy atom. The standard InChI is InChI=1S/C8H8O2.C2HN3O2S2/c1-10-8(9)7-5-3-2-4-6-7;6-9(7)5-2-4-3-1-8-2/h2-6H,1H3;1H. The van der Waals surface area contributed by atoms with Crippen molar-refractivity contribution in [2.45, 2.75) is 0 Å². The van der Waals surface area contributed by atoms with E-state index in [0.29, 0.717) is 5.56 Å². The molecule has 0 fully saturated rings. The Bertz CT molecular complexity index is 631. The van der Waals surface area contributed by atoms with Crippen molar-refractivity contribution in [3.05, 3.63) is 41.4 Å². The van der Waals surface area contributed by atoms with Gasteiger partial charge in [0.05, 0.1) is 12.7 Å². The summed E-state index contributed by atoms with van der Waals surface area (Å²) in [4.78, 5) is 10.8. The van der Waals surface area contributed by atoms with Crippen LogP contribution in [0.5, 0.6) is 0 Å². The number of methoxy groups -OCH3 is 1. The smallest absolute Gasteiger partial charge is 0.337 e. The third-order valence-electron chi connectivity index (χ3n) is 1.70. The fraction of sp³-hybridized carbons (Fsp3) is 0.100. The van der Waals surface area contributed by atoms with Gasteiger partial charge in [-0.05, 0) is 12.1 Å². The maximum absolute atomic E-state index is 10.8. The van der Waals surface area contributed by atoms with Gasteiger partial charge in [-0.15, -0.1) is 14.6 Å².